The molecule has 11 nitrogen and oxygen atoms in total. The summed E-state index contributed by atoms with van der Waals surface area (Å²) in [5, 5.41) is 24.9. The van der Waals surface area contributed by atoms with Crippen LogP contribution in [0.3, 0.4) is 0 Å². The number of likely N-dealkylation sites (tertiary alicyclic amines) is 1. The average Bonchev–Trinajstić information content (AvgIpc) is 3.30. The number of allylic oxidation sites excluding steroid dienone is 4. The molecule has 12 heteroatoms. The van der Waals surface area contributed by atoms with Crippen molar-refractivity contribution in [2.75, 3.05) is 25.1 Å². The summed E-state index contributed by atoms with van der Waals surface area (Å²) in [6.45, 7) is 7.28. The fraction of sp³-hybridized carbons (Fsp3) is 0.441. The number of thioether (sulfide) groups is 1. The maximum atomic E-state index is 14.3. The summed E-state index contributed by atoms with van der Waals surface area (Å²) >= 11 is 1.58. The van der Waals surface area contributed by atoms with Gasteiger partial charge in [-0.25, -0.2) is 0 Å². The van der Waals surface area contributed by atoms with Gasteiger partial charge < -0.3 is 29.7 Å². The molecule has 242 valence electrons. The molecule has 46 heavy (non-hydrogen) atoms. The zero-order valence-corrected chi connectivity index (χ0v) is 27.2. The highest BCUT2D eigenvalue weighted by Gasteiger charge is 2.56. The molecular weight excluding hydrogens is 610 g/mol. The molecule has 1 aromatic carbocycles. The summed E-state index contributed by atoms with van der Waals surface area (Å²) in [5.41, 5.74) is -0.862. The van der Waals surface area contributed by atoms with Gasteiger partial charge in [0.25, 0.3) is 5.56 Å². The van der Waals surface area contributed by atoms with Crippen LogP contribution < -0.4 is 15.6 Å². The molecule has 3 aliphatic heterocycles. The Morgan fingerprint density at radius 1 is 1.13 bits per heavy atom. The first-order valence-corrected chi connectivity index (χ1v) is 16.7. The first-order valence-electron chi connectivity index (χ1n) is 15.3. The Morgan fingerprint density at radius 2 is 1.87 bits per heavy atom. The van der Waals surface area contributed by atoms with E-state index in [1.54, 1.807) is 30.8 Å². The lowest BCUT2D eigenvalue weighted by atomic mass is 9.70. The highest BCUT2D eigenvalue weighted by molar-refractivity contribution is 7.98. The third-order valence-corrected chi connectivity index (χ3v) is 10.5. The van der Waals surface area contributed by atoms with Crippen molar-refractivity contribution < 1.29 is 34.1 Å². The molecular formula is C34H37N3O8S. The summed E-state index contributed by atoms with van der Waals surface area (Å²) in [4.78, 5) is 68.7. The predicted octanol–water partition coefficient (Wildman–Crippen LogP) is 3.09. The summed E-state index contributed by atoms with van der Waals surface area (Å²) in [6.07, 6.45) is 4.45. The van der Waals surface area contributed by atoms with Gasteiger partial charge in [-0.2, -0.15) is 11.8 Å². The van der Waals surface area contributed by atoms with E-state index in [4.69, 9.17) is 4.74 Å². The number of Topliss-reactive ketones (excluding diaryl/α,β-unsaturated/α-hetero) is 2. The third kappa shape index (κ3) is 4.76. The van der Waals surface area contributed by atoms with Gasteiger partial charge in [0, 0.05) is 54.6 Å². The Hall–Kier alpha value is -4.32. The van der Waals surface area contributed by atoms with Crippen molar-refractivity contribution in [3.05, 3.63) is 74.0 Å². The fourth-order valence-corrected chi connectivity index (χ4v) is 7.96. The molecule has 2 aromatic rings. The minimum absolute atomic E-state index is 0.0105. The molecule has 6 rings (SSSR count). The SMILES string of the molecule is CSCC[C@@H](N/C(C)=C1\C(=O)C=C2Oc3c(C(C)=O)c(O)c(C)c(O)c3[C@]2(C)C1=O)C(=O)N1C[C@@H]2C[C@H](C1)c1cccc(=O)n1C2. The Balaban J connectivity index is 1.33. The lowest BCUT2D eigenvalue weighted by Gasteiger charge is -2.43. The minimum atomic E-state index is -1.65. The highest BCUT2D eigenvalue weighted by Crippen LogP contribution is 2.57. The number of piperidine rings is 1. The van der Waals surface area contributed by atoms with Gasteiger partial charge in [0.2, 0.25) is 5.91 Å². The van der Waals surface area contributed by atoms with Crippen molar-refractivity contribution in [1.82, 2.24) is 14.8 Å². The largest absolute Gasteiger partial charge is 0.507 e. The molecule has 1 aliphatic carbocycles. The number of hydrogen-bond acceptors (Lipinski definition) is 10. The van der Waals surface area contributed by atoms with Gasteiger partial charge in [-0.15, -0.1) is 0 Å². The molecule has 4 atom stereocenters. The van der Waals surface area contributed by atoms with Crippen LogP contribution in [0, 0.1) is 12.8 Å². The van der Waals surface area contributed by atoms with E-state index >= 15 is 0 Å². The van der Waals surface area contributed by atoms with Crippen LogP contribution in [-0.4, -0.2) is 74.1 Å². The molecule has 0 unspecified atom stereocenters. The average molecular weight is 648 g/mol. The van der Waals surface area contributed by atoms with E-state index in [0.717, 1.165) is 12.1 Å². The number of nitrogens with one attached hydrogen (secondary N) is 1. The van der Waals surface area contributed by atoms with E-state index in [2.05, 4.69) is 5.32 Å². The monoisotopic (exact) mass is 647 g/mol. The van der Waals surface area contributed by atoms with Crippen molar-refractivity contribution in [2.24, 2.45) is 5.92 Å². The number of nitrogens with zero attached hydrogens (tertiary/aromatic N) is 2. The minimum Gasteiger partial charge on any atom is -0.507 e. The first kappa shape index (κ1) is 31.7. The highest BCUT2D eigenvalue weighted by atomic mass is 32.2. The van der Waals surface area contributed by atoms with Crippen molar-refractivity contribution in [1.29, 1.82) is 0 Å². The maximum absolute atomic E-state index is 14.3. The summed E-state index contributed by atoms with van der Waals surface area (Å²) in [7, 11) is 0. The number of phenols is 2. The predicted molar refractivity (Wildman–Crippen MR) is 171 cm³/mol. The standard InChI is InChI=1S/C34H37N3O8S/c1-16-29(41)27(18(3)38)31-28(30(16)42)34(4)24(45-31)12-23(39)26(32(34)43)17(2)35-21(9-10-46-5)33(44)36-13-19-11-20(15-36)22-7-6-8-25(40)37(22)14-19/h6-8,12,19-21,35,41-42H,9-11,13-15H2,1-5H3/b26-17+/t19-,20+,21+,34+/m0/s1. The van der Waals surface area contributed by atoms with Gasteiger partial charge in [-0.05, 0) is 64.5 Å². The number of carbonyl (C=O) groups excluding carboxylic acids is 4. The molecule has 1 aromatic heterocycles. The second-order valence-corrected chi connectivity index (χ2v) is 13.8. The van der Waals surface area contributed by atoms with Crippen molar-refractivity contribution in [3.8, 4) is 17.2 Å². The number of aromatic hydroxyl groups is 2. The number of carbonyl (C=O) groups is 4. The number of aromatic nitrogens is 1. The molecule has 2 bridgehead atoms. The van der Waals surface area contributed by atoms with Crippen molar-refractivity contribution >= 4 is 35.0 Å². The smallest absolute Gasteiger partial charge is 0.250 e. The van der Waals surface area contributed by atoms with Crippen LogP contribution in [0.25, 0.3) is 0 Å². The zero-order chi connectivity index (χ0) is 33.2. The lowest BCUT2D eigenvalue weighted by Crippen LogP contribution is -2.54. The number of hydrogen-bond donors (Lipinski definition) is 3. The van der Waals surface area contributed by atoms with Gasteiger partial charge in [0.1, 0.15) is 40.0 Å². The number of benzene rings is 1. The van der Waals surface area contributed by atoms with Gasteiger partial charge in [0.15, 0.2) is 17.3 Å². The topological polar surface area (TPSA) is 155 Å². The Kier molecular flexibility index (Phi) is 7.90. The molecule has 4 aliphatic rings. The number of rotatable bonds is 7. The quantitative estimate of drug-likeness (QED) is 0.232. The third-order valence-electron chi connectivity index (χ3n) is 9.85. The molecule has 4 heterocycles. The van der Waals surface area contributed by atoms with Crippen LogP contribution in [-0.2, 0) is 26.3 Å². The number of amides is 1. The molecule has 0 spiro atoms. The van der Waals surface area contributed by atoms with Gasteiger partial charge in [-0.3, -0.25) is 24.0 Å². The normalized spacial score (nSPS) is 24.7. The van der Waals surface area contributed by atoms with E-state index < -0.39 is 40.3 Å². The second-order valence-electron chi connectivity index (χ2n) is 12.8. The number of ether oxygens (including phenoxy) is 1. The van der Waals surface area contributed by atoms with Crippen LogP contribution in [0.15, 0.2) is 46.1 Å². The van der Waals surface area contributed by atoms with Crippen molar-refractivity contribution in [3.63, 3.8) is 0 Å². The van der Waals surface area contributed by atoms with E-state index in [-0.39, 0.29) is 62.8 Å². The summed E-state index contributed by atoms with van der Waals surface area (Å²) in [5.74, 6) is -2.18. The van der Waals surface area contributed by atoms with E-state index in [0.29, 0.717) is 31.8 Å². The number of fused-ring (bicyclic) bond motifs is 7. The van der Waals surface area contributed by atoms with Crippen LogP contribution in [0.4, 0.5) is 0 Å². The molecule has 3 N–H and O–H groups in total. The van der Waals surface area contributed by atoms with Crippen LogP contribution in [0.5, 0.6) is 17.2 Å². The van der Waals surface area contributed by atoms with Crippen LogP contribution in [0.2, 0.25) is 0 Å². The van der Waals surface area contributed by atoms with Gasteiger partial charge >= 0.3 is 0 Å². The summed E-state index contributed by atoms with van der Waals surface area (Å²) < 4.78 is 7.67. The van der Waals surface area contributed by atoms with Crippen LogP contribution in [0.1, 0.15) is 66.7 Å². The molecule has 0 radical (unpaired) electrons. The fourth-order valence-electron chi connectivity index (χ4n) is 7.49. The van der Waals surface area contributed by atoms with E-state index in [9.17, 15) is 34.2 Å². The van der Waals surface area contributed by atoms with E-state index in [1.807, 2.05) is 21.8 Å². The number of ketones is 3. The molecule has 1 fully saturated rings. The zero-order valence-electron chi connectivity index (χ0n) is 26.4. The molecule has 0 saturated carbocycles. The first-order chi connectivity index (χ1) is 21.8. The Morgan fingerprint density at radius 3 is 2.57 bits per heavy atom. The second kappa shape index (κ2) is 11.5. The van der Waals surface area contributed by atoms with Crippen molar-refractivity contribution in [2.45, 2.75) is 64.5 Å². The summed E-state index contributed by atoms with van der Waals surface area (Å²) in [6, 6.07) is 4.54. The Labute approximate surface area is 270 Å². The molecule has 1 saturated heterocycles. The van der Waals surface area contributed by atoms with E-state index in [1.165, 1.54) is 26.8 Å². The van der Waals surface area contributed by atoms with Gasteiger partial charge in [0.05, 0.1) is 11.1 Å². The molecule has 1 amide bonds. The number of phenolic OH excluding ortho intramolecular Hbond substituents is 2. The Bertz CT molecular complexity index is 1840. The maximum Gasteiger partial charge on any atom is 0.250 e. The number of pyridine rings is 1. The lowest BCUT2D eigenvalue weighted by molar-refractivity contribution is -0.136. The van der Waals surface area contributed by atoms with Gasteiger partial charge in [-0.1, -0.05) is 6.07 Å². The van der Waals surface area contributed by atoms with Crippen LogP contribution >= 0.6 is 11.8 Å².